The van der Waals surface area contributed by atoms with Gasteiger partial charge in [0.05, 0.1) is 17.7 Å². The van der Waals surface area contributed by atoms with Crippen molar-refractivity contribution < 1.29 is 17.9 Å². The fourth-order valence-electron chi connectivity index (χ4n) is 2.65. The lowest BCUT2D eigenvalue weighted by atomic mass is 10.0. The van der Waals surface area contributed by atoms with Crippen LogP contribution in [0.1, 0.15) is 22.3 Å². The van der Waals surface area contributed by atoms with Gasteiger partial charge in [-0.1, -0.05) is 17.7 Å². The van der Waals surface area contributed by atoms with Crippen molar-refractivity contribution >= 4 is 33.1 Å². The first kappa shape index (κ1) is 16.8. The number of carbonyl (C=O) groups is 1. The maximum Gasteiger partial charge on any atom is 0.264 e. The van der Waals surface area contributed by atoms with Crippen LogP contribution in [0.3, 0.4) is 0 Å². The number of benzene rings is 2. The molecule has 0 bridgehead atoms. The van der Waals surface area contributed by atoms with Crippen molar-refractivity contribution in [1.29, 1.82) is 0 Å². The number of halogens is 1. The maximum atomic E-state index is 13.0. The highest BCUT2D eigenvalue weighted by atomic mass is 35.5. The standard InChI is InChI=1S/C17H16ClNO4S/c1-11-3-5-13(10-15(11)18)24(21,22)19-8-7-17(20)14-9-12(23-2)4-6-16(14)19/h3-6,9-10H,7-8H2,1-2H3. The van der Waals surface area contributed by atoms with E-state index in [1.54, 1.807) is 31.2 Å². The van der Waals surface area contributed by atoms with Crippen LogP contribution in [0.2, 0.25) is 5.02 Å². The summed E-state index contributed by atoms with van der Waals surface area (Å²) in [7, 11) is -2.30. The van der Waals surface area contributed by atoms with Crippen molar-refractivity contribution in [3.05, 3.63) is 52.5 Å². The number of sulfonamides is 1. The lowest BCUT2D eigenvalue weighted by Gasteiger charge is -2.30. The number of fused-ring (bicyclic) bond motifs is 1. The molecule has 0 amide bonds. The van der Waals surface area contributed by atoms with Gasteiger partial charge >= 0.3 is 0 Å². The Morgan fingerprint density at radius 2 is 1.92 bits per heavy atom. The molecule has 0 spiro atoms. The lowest BCUT2D eigenvalue weighted by Crippen LogP contribution is -2.37. The molecule has 0 aromatic heterocycles. The first-order valence-corrected chi connectivity index (χ1v) is 9.16. The highest BCUT2D eigenvalue weighted by Crippen LogP contribution is 2.35. The summed E-state index contributed by atoms with van der Waals surface area (Å²) in [4.78, 5) is 12.3. The Morgan fingerprint density at radius 1 is 1.17 bits per heavy atom. The molecule has 0 unspecified atom stereocenters. The van der Waals surface area contributed by atoms with Gasteiger partial charge in [-0.05, 0) is 42.8 Å². The Morgan fingerprint density at radius 3 is 2.58 bits per heavy atom. The maximum absolute atomic E-state index is 13.0. The molecular formula is C17H16ClNO4S. The number of rotatable bonds is 3. The second-order valence-electron chi connectivity index (χ2n) is 5.54. The highest BCUT2D eigenvalue weighted by Gasteiger charge is 2.32. The second kappa shape index (κ2) is 6.11. The molecule has 0 N–H and O–H groups in total. The summed E-state index contributed by atoms with van der Waals surface area (Å²) in [5, 5.41) is 0.388. The highest BCUT2D eigenvalue weighted by molar-refractivity contribution is 7.92. The van der Waals surface area contributed by atoms with Gasteiger partial charge in [-0.3, -0.25) is 9.10 Å². The lowest BCUT2D eigenvalue weighted by molar-refractivity contribution is 0.0981. The topological polar surface area (TPSA) is 63.7 Å². The predicted molar refractivity (Wildman–Crippen MR) is 92.7 cm³/mol. The van der Waals surface area contributed by atoms with E-state index in [-0.39, 0.29) is 23.6 Å². The van der Waals surface area contributed by atoms with E-state index in [0.29, 0.717) is 22.0 Å². The second-order valence-corrected chi connectivity index (χ2v) is 7.81. The Hall–Kier alpha value is -2.05. The minimum Gasteiger partial charge on any atom is -0.497 e. The number of aryl methyl sites for hydroxylation is 1. The van der Waals surface area contributed by atoms with Crippen molar-refractivity contribution in [3.63, 3.8) is 0 Å². The van der Waals surface area contributed by atoms with Crippen molar-refractivity contribution in [3.8, 4) is 5.75 Å². The summed E-state index contributed by atoms with van der Waals surface area (Å²) < 4.78 is 32.4. The Balaban J connectivity index is 2.11. The number of nitrogens with zero attached hydrogens (tertiary/aromatic N) is 1. The molecule has 0 atom stereocenters. The van der Waals surface area contributed by atoms with Crippen LogP contribution in [-0.4, -0.2) is 27.9 Å². The largest absolute Gasteiger partial charge is 0.497 e. The number of hydrogen-bond donors (Lipinski definition) is 0. The van der Waals surface area contributed by atoms with Gasteiger partial charge in [-0.25, -0.2) is 8.42 Å². The van der Waals surface area contributed by atoms with Crippen LogP contribution in [0, 0.1) is 6.92 Å². The molecule has 126 valence electrons. The smallest absolute Gasteiger partial charge is 0.264 e. The zero-order valence-electron chi connectivity index (χ0n) is 13.2. The van der Waals surface area contributed by atoms with Gasteiger partial charge in [0.1, 0.15) is 5.75 Å². The minimum atomic E-state index is -3.80. The summed E-state index contributed by atoms with van der Waals surface area (Å²) in [5.41, 5.74) is 1.51. The quantitative estimate of drug-likeness (QED) is 0.835. The molecule has 7 heteroatoms. The van der Waals surface area contributed by atoms with Crippen LogP contribution in [0.15, 0.2) is 41.3 Å². The van der Waals surface area contributed by atoms with Crippen LogP contribution in [0.4, 0.5) is 5.69 Å². The van der Waals surface area contributed by atoms with E-state index in [1.165, 1.54) is 23.5 Å². The van der Waals surface area contributed by atoms with E-state index in [9.17, 15) is 13.2 Å². The van der Waals surface area contributed by atoms with Crippen molar-refractivity contribution in [2.45, 2.75) is 18.2 Å². The van der Waals surface area contributed by atoms with Crippen LogP contribution in [-0.2, 0) is 10.0 Å². The molecule has 0 saturated carbocycles. The molecule has 24 heavy (non-hydrogen) atoms. The van der Waals surface area contributed by atoms with Gasteiger partial charge in [0, 0.05) is 23.6 Å². The number of ketones is 1. The Kier molecular flexibility index (Phi) is 4.27. The third kappa shape index (κ3) is 2.76. The van der Waals surface area contributed by atoms with Crippen molar-refractivity contribution in [2.24, 2.45) is 0 Å². The SMILES string of the molecule is COc1ccc2c(c1)C(=O)CCN2S(=O)(=O)c1ccc(C)c(Cl)c1. The third-order valence-corrected chi connectivity index (χ3v) is 6.26. The fourth-order valence-corrected chi connectivity index (χ4v) is 4.41. The van der Waals surface area contributed by atoms with Crippen molar-refractivity contribution in [1.82, 2.24) is 0 Å². The van der Waals surface area contributed by atoms with Crippen molar-refractivity contribution in [2.75, 3.05) is 18.0 Å². The van der Waals surface area contributed by atoms with Gasteiger partial charge in [0.25, 0.3) is 10.0 Å². The van der Waals surface area contributed by atoms with Crippen LogP contribution in [0.5, 0.6) is 5.75 Å². The summed E-state index contributed by atoms with van der Waals surface area (Å²) >= 11 is 6.07. The van der Waals surface area contributed by atoms with Crippen LogP contribution < -0.4 is 9.04 Å². The molecule has 0 fully saturated rings. The molecule has 1 aliphatic rings. The normalized spacial score (nSPS) is 14.5. The monoisotopic (exact) mass is 365 g/mol. The molecule has 1 aliphatic heterocycles. The van der Waals surface area contributed by atoms with Crippen LogP contribution >= 0.6 is 11.6 Å². The molecule has 3 rings (SSSR count). The average Bonchev–Trinajstić information content (AvgIpc) is 2.57. The molecule has 0 radical (unpaired) electrons. The molecule has 5 nitrogen and oxygen atoms in total. The zero-order valence-corrected chi connectivity index (χ0v) is 14.8. The third-order valence-electron chi connectivity index (χ3n) is 4.05. The van der Waals surface area contributed by atoms with Gasteiger partial charge in [0.15, 0.2) is 5.78 Å². The molecule has 0 aliphatic carbocycles. The van der Waals surface area contributed by atoms with Gasteiger partial charge in [-0.2, -0.15) is 0 Å². The fraction of sp³-hybridized carbons (Fsp3) is 0.235. The first-order chi connectivity index (χ1) is 11.3. The number of anilines is 1. The van der Waals surface area contributed by atoms with E-state index < -0.39 is 10.0 Å². The molecular weight excluding hydrogens is 350 g/mol. The number of methoxy groups -OCH3 is 1. The van der Waals surface area contributed by atoms with E-state index in [0.717, 1.165) is 5.56 Å². The van der Waals surface area contributed by atoms with Gasteiger partial charge in [-0.15, -0.1) is 0 Å². The van der Waals surface area contributed by atoms with E-state index in [4.69, 9.17) is 16.3 Å². The number of carbonyl (C=O) groups excluding carboxylic acids is 1. The van der Waals surface area contributed by atoms with Gasteiger partial charge in [0.2, 0.25) is 0 Å². The summed E-state index contributed by atoms with van der Waals surface area (Å²) in [6.45, 7) is 1.91. The first-order valence-electron chi connectivity index (χ1n) is 7.34. The number of ether oxygens (including phenoxy) is 1. The van der Waals surface area contributed by atoms with Crippen LogP contribution in [0.25, 0.3) is 0 Å². The van der Waals surface area contributed by atoms with E-state index >= 15 is 0 Å². The van der Waals surface area contributed by atoms with E-state index in [1.807, 2.05) is 0 Å². The Bertz CT molecular complexity index is 924. The summed E-state index contributed by atoms with van der Waals surface area (Å²) in [6, 6.07) is 9.43. The molecule has 2 aromatic rings. The number of Topliss-reactive ketones (excluding diaryl/α,β-unsaturated/α-hetero) is 1. The average molecular weight is 366 g/mol. The molecule has 2 aromatic carbocycles. The predicted octanol–water partition coefficient (Wildman–Crippen LogP) is 3.44. The van der Waals surface area contributed by atoms with E-state index in [2.05, 4.69) is 0 Å². The minimum absolute atomic E-state index is 0.0997. The number of hydrogen-bond acceptors (Lipinski definition) is 4. The molecule has 0 saturated heterocycles. The summed E-state index contributed by atoms with van der Waals surface area (Å²) in [6.07, 6.45) is 0.124. The van der Waals surface area contributed by atoms with Gasteiger partial charge < -0.3 is 4.74 Å². The Labute approximate surface area is 145 Å². The molecule has 1 heterocycles. The zero-order chi connectivity index (χ0) is 17.5. The summed E-state index contributed by atoms with van der Waals surface area (Å²) in [5.74, 6) is 0.414.